The van der Waals surface area contributed by atoms with Gasteiger partial charge in [-0.15, -0.1) is 0 Å². The Balaban J connectivity index is 1.64. The number of nitrogens with zero attached hydrogens (tertiary/aromatic N) is 1. The van der Waals surface area contributed by atoms with Crippen LogP contribution >= 0.6 is 0 Å². The van der Waals surface area contributed by atoms with Crippen LogP contribution in [0.4, 0.5) is 0 Å². The Morgan fingerprint density at radius 2 is 2.00 bits per heavy atom. The van der Waals surface area contributed by atoms with E-state index in [4.69, 9.17) is 9.47 Å². The van der Waals surface area contributed by atoms with Crippen LogP contribution in [0, 0.1) is 6.92 Å². The van der Waals surface area contributed by atoms with E-state index in [9.17, 15) is 4.79 Å². The minimum atomic E-state index is 0.0534. The zero-order valence-corrected chi connectivity index (χ0v) is 16.3. The first kappa shape index (κ1) is 19.2. The van der Waals surface area contributed by atoms with Gasteiger partial charge in [0.15, 0.2) is 0 Å². The molecule has 0 unspecified atom stereocenters. The maximum Gasteiger partial charge on any atom is 0.234 e. The second-order valence-corrected chi connectivity index (χ2v) is 6.94. The third kappa shape index (κ3) is 4.61. The Kier molecular flexibility index (Phi) is 6.35. The number of carbonyl (C=O) groups is 1. The van der Waals surface area contributed by atoms with Crippen LogP contribution in [0.1, 0.15) is 35.6 Å². The Hall–Kier alpha value is -2.53. The number of methoxy groups -OCH3 is 2. The highest BCUT2D eigenvalue weighted by Crippen LogP contribution is 2.38. The van der Waals surface area contributed by atoms with Crippen molar-refractivity contribution in [2.24, 2.45) is 0 Å². The third-order valence-corrected chi connectivity index (χ3v) is 5.25. The molecule has 5 nitrogen and oxygen atoms in total. The van der Waals surface area contributed by atoms with E-state index in [0.717, 1.165) is 42.0 Å². The van der Waals surface area contributed by atoms with Crippen LogP contribution in [0.25, 0.3) is 0 Å². The first-order valence-corrected chi connectivity index (χ1v) is 9.39. The van der Waals surface area contributed by atoms with Gasteiger partial charge in [0.2, 0.25) is 5.91 Å². The monoisotopic (exact) mass is 368 g/mol. The number of likely N-dealkylation sites (tertiary alicyclic amines) is 1. The van der Waals surface area contributed by atoms with Crippen LogP contribution in [-0.4, -0.2) is 38.1 Å². The van der Waals surface area contributed by atoms with E-state index in [2.05, 4.69) is 29.3 Å². The topological polar surface area (TPSA) is 50.8 Å². The van der Waals surface area contributed by atoms with Gasteiger partial charge in [-0.3, -0.25) is 9.69 Å². The summed E-state index contributed by atoms with van der Waals surface area (Å²) in [5.41, 5.74) is 3.46. The fourth-order valence-corrected chi connectivity index (χ4v) is 3.70. The molecule has 0 saturated carbocycles. The highest BCUT2D eigenvalue weighted by Gasteiger charge is 2.29. The Labute approximate surface area is 161 Å². The molecule has 3 rings (SSSR count). The zero-order chi connectivity index (χ0) is 19.2. The van der Waals surface area contributed by atoms with Crippen molar-refractivity contribution in [2.75, 3.05) is 27.3 Å². The standard InChI is InChI=1S/C22H28N2O3/c1-16-7-4-5-8-17(16)14-23-22(25)15-24-12-6-9-20(24)19-11-10-18(26-2)13-21(19)27-3/h4-5,7-8,10-11,13,20H,6,9,12,14-15H2,1-3H3,(H,23,25)/t20-/m0/s1. The molecule has 27 heavy (non-hydrogen) atoms. The Bertz CT molecular complexity index is 791. The Morgan fingerprint density at radius 3 is 2.74 bits per heavy atom. The van der Waals surface area contributed by atoms with Gasteiger partial charge in [-0.25, -0.2) is 0 Å². The molecule has 1 N–H and O–H groups in total. The van der Waals surface area contributed by atoms with Gasteiger partial charge >= 0.3 is 0 Å². The number of benzene rings is 2. The molecular weight excluding hydrogens is 340 g/mol. The fourth-order valence-electron chi connectivity index (χ4n) is 3.70. The lowest BCUT2D eigenvalue weighted by atomic mass is 10.0. The largest absolute Gasteiger partial charge is 0.497 e. The molecule has 144 valence electrons. The van der Waals surface area contributed by atoms with Gasteiger partial charge in [-0.2, -0.15) is 0 Å². The lowest BCUT2D eigenvalue weighted by Gasteiger charge is -2.26. The van der Waals surface area contributed by atoms with Crippen LogP contribution in [0.2, 0.25) is 0 Å². The van der Waals surface area contributed by atoms with Gasteiger partial charge in [0.1, 0.15) is 11.5 Å². The van der Waals surface area contributed by atoms with Crippen LogP contribution in [0.3, 0.4) is 0 Å². The van der Waals surface area contributed by atoms with Crippen molar-refractivity contribution in [3.05, 3.63) is 59.2 Å². The maximum absolute atomic E-state index is 12.5. The highest BCUT2D eigenvalue weighted by atomic mass is 16.5. The average molecular weight is 368 g/mol. The molecule has 0 radical (unpaired) electrons. The van der Waals surface area contributed by atoms with Crippen LogP contribution in [0.5, 0.6) is 11.5 Å². The van der Waals surface area contributed by atoms with Crippen molar-refractivity contribution in [3.8, 4) is 11.5 Å². The molecule has 0 spiro atoms. The molecule has 0 aliphatic carbocycles. The quantitative estimate of drug-likeness (QED) is 0.813. The molecule has 5 heteroatoms. The maximum atomic E-state index is 12.5. The second kappa shape index (κ2) is 8.91. The molecule has 1 aliphatic rings. The van der Waals surface area contributed by atoms with E-state index >= 15 is 0 Å². The van der Waals surface area contributed by atoms with Crippen LogP contribution in [0.15, 0.2) is 42.5 Å². The summed E-state index contributed by atoms with van der Waals surface area (Å²) in [7, 11) is 3.32. The molecule has 0 bridgehead atoms. The summed E-state index contributed by atoms with van der Waals surface area (Å²) in [5.74, 6) is 1.64. The SMILES string of the molecule is COc1ccc([C@@H]2CCCN2CC(=O)NCc2ccccc2C)c(OC)c1. The number of nitrogens with one attached hydrogen (secondary N) is 1. The van der Waals surface area contributed by atoms with E-state index in [-0.39, 0.29) is 11.9 Å². The summed E-state index contributed by atoms with van der Waals surface area (Å²) in [5, 5.41) is 3.05. The molecule has 2 aromatic carbocycles. The van der Waals surface area contributed by atoms with E-state index < -0.39 is 0 Å². The molecular formula is C22H28N2O3. The minimum absolute atomic E-state index is 0.0534. The molecule has 2 aromatic rings. The summed E-state index contributed by atoms with van der Waals surface area (Å²) in [6.07, 6.45) is 2.10. The second-order valence-electron chi connectivity index (χ2n) is 6.94. The summed E-state index contributed by atoms with van der Waals surface area (Å²) < 4.78 is 10.9. The van der Waals surface area contributed by atoms with Gasteiger partial charge < -0.3 is 14.8 Å². The normalized spacial score (nSPS) is 16.9. The number of amides is 1. The van der Waals surface area contributed by atoms with Crippen molar-refractivity contribution in [2.45, 2.75) is 32.4 Å². The lowest BCUT2D eigenvalue weighted by molar-refractivity contribution is -0.122. The first-order chi connectivity index (χ1) is 13.1. The molecule has 0 aromatic heterocycles. The molecule has 1 aliphatic heterocycles. The molecule has 1 amide bonds. The van der Waals surface area contributed by atoms with Gasteiger partial charge in [0.25, 0.3) is 0 Å². The smallest absolute Gasteiger partial charge is 0.234 e. The third-order valence-electron chi connectivity index (χ3n) is 5.25. The van der Waals surface area contributed by atoms with E-state index in [1.165, 1.54) is 5.56 Å². The fraction of sp³-hybridized carbons (Fsp3) is 0.409. The number of carbonyl (C=O) groups excluding carboxylic acids is 1. The number of rotatable bonds is 7. The van der Waals surface area contributed by atoms with Crippen molar-refractivity contribution in [1.29, 1.82) is 0 Å². The minimum Gasteiger partial charge on any atom is -0.497 e. The van der Waals surface area contributed by atoms with Crippen LogP contribution < -0.4 is 14.8 Å². The number of hydrogen-bond acceptors (Lipinski definition) is 4. The summed E-state index contributed by atoms with van der Waals surface area (Å²) in [4.78, 5) is 14.7. The first-order valence-electron chi connectivity index (χ1n) is 9.39. The van der Waals surface area contributed by atoms with Gasteiger partial charge in [-0.1, -0.05) is 30.3 Å². The number of ether oxygens (including phenoxy) is 2. The zero-order valence-electron chi connectivity index (χ0n) is 16.3. The molecule has 1 atom stereocenters. The molecule has 1 saturated heterocycles. The highest BCUT2D eigenvalue weighted by molar-refractivity contribution is 5.78. The Morgan fingerprint density at radius 1 is 1.19 bits per heavy atom. The van der Waals surface area contributed by atoms with Gasteiger partial charge in [0.05, 0.1) is 20.8 Å². The summed E-state index contributed by atoms with van der Waals surface area (Å²) in [6, 6.07) is 14.2. The van der Waals surface area contributed by atoms with E-state index in [0.29, 0.717) is 13.1 Å². The van der Waals surface area contributed by atoms with Crippen molar-refractivity contribution < 1.29 is 14.3 Å². The van der Waals surface area contributed by atoms with Gasteiger partial charge in [0, 0.05) is 24.2 Å². The van der Waals surface area contributed by atoms with Crippen LogP contribution in [-0.2, 0) is 11.3 Å². The molecule has 1 heterocycles. The molecule has 1 fully saturated rings. The number of hydrogen-bond donors (Lipinski definition) is 1. The lowest BCUT2D eigenvalue weighted by Crippen LogP contribution is -2.36. The van der Waals surface area contributed by atoms with Crippen molar-refractivity contribution >= 4 is 5.91 Å². The van der Waals surface area contributed by atoms with Crippen molar-refractivity contribution in [3.63, 3.8) is 0 Å². The van der Waals surface area contributed by atoms with E-state index in [1.54, 1.807) is 14.2 Å². The van der Waals surface area contributed by atoms with Gasteiger partial charge in [-0.05, 0) is 43.5 Å². The van der Waals surface area contributed by atoms with E-state index in [1.807, 2.05) is 30.3 Å². The van der Waals surface area contributed by atoms with Crippen molar-refractivity contribution in [1.82, 2.24) is 10.2 Å². The number of aryl methyl sites for hydroxylation is 1. The predicted octanol–water partition coefficient (Wildman–Crippen LogP) is 3.47. The summed E-state index contributed by atoms with van der Waals surface area (Å²) in [6.45, 7) is 3.94. The average Bonchev–Trinajstić information content (AvgIpc) is 3.14. The predicted molar refractivity (Wildman–Crippen MR) is 106 cm³/mol. The summed E-state index contributed by atoms with van der Waals surface area (Å²) >= 11 is 0.